The van der Waals surface area contributed by atoms with Crippen molar-refractivity contribution in [1.29, 1.82) is 0 Å². The molecule has 2 rings (SSSR count). The van der Waals surface area contributed by atoms with E-state index in [9.17, 15) is 9.18 Å². The van der Waals surface area contributed by atoms with Gasteiger partial charge in [0, 0.05) is 13.1 Å². The van der Waals surface area contributed by atoms with Gasteiger partial charge in [0.1, 0.15) is 5.82 Å². The van der Waals surface area contributed by atoms with Crippen LogP contribution in [0, 0.1) is 5.82 Å². The molecule has 108 valence electrons. The number of aromatic nitrogens is 3. The first kappa shape index (κ1) is 14.8. The van der Waals surface area contributed by atoms with E-state index in [1.54, 1.807) is 13.1 Å². The van der Waals surface area contributed by atoms with Crippen LogP contribution in [0.15, 0.2) is 33.0 Å². The average Bonchev–Trinajstić information content (AvgIpc) is 2.74. The summed E-state index contributed by atoms with van der Waals surface area (Å²) in [4.78, 5) is 11.8. The van der Waals surface area contributed by atoms with Gasteiger partial charge in [0.15, 0.2) is 5.16 Å². The number of H-pyrrole nitrogens is 1. The number of nitrogens with zero attached hydrogens (tertiary/aromatic N) is 2. The highest BCUT2D eigenvalue weighted by molar-refractivity contribution is 7.99. The Morgan fingerprint density at radius 2 is 2.30 bits per heavy atom. The van der Waals surface area contributed by atoms with Crippen LogP contribution < -0.4 is 11.4 Å². The molecule has 0 saturated carbocycles. The van der Waals surface area contributed by atoms with E-state index >= 15 is 0 Å². The van der Waals surface area contributed by atoms with Gasteiger partial charge in [-0.15, -0.1) is 5.10 Å². The van der Waals surface area contributed by atoms with Gasteiger partial charge in [0.05, 0.1) is 4.90 Å². The second-order valence-corrected chi connectivity index (χ2v) is 5.55. The van der Waals surface area contributed by atoms with Crippen LogP contribution in [0.1, 0.15) is 18.9 Å². The standard InChI is InChI=1S/C13H17FN4OS/c1-3-9(15)7-8-5-4-6-10(14)11(8)20-13-17-16-12(19)18(13)2/h4-6,9H,3,7,15H2,1-2H3,(H,16,19). The predicted octanol–water partition coefficient (Wildman–Crippen LogP) is 1.68. The van der Waals surface area contributed by atoms with Crippen molar-refractivity contribution in [2.45, 2.75) is 35.9 Å². The highest BCUT2D eigenvalue weighted by Crippen LogP contribution is 2.31. The second kappa shape index (κ2) is 6.23. The van der Waals surface area contributed by atoms with E-state index in [2.05, 4.69) is 10.2 Å². The number of hydrogen-bond acceptors (Lipinski definition) is 4. The highest BCUT2D eigenvalue weighted by atomic mass is 32.2. The fourth-order valence-electron chi connectivity index (χ4n) is 1.77. The second-order valence-electron chi connectivity index (χ2n) is 4.57. The molecule has 1 unspecified atom stereocenters. The Morgan fingerprint density at radius 3 is 2.90 bits per heavy atom. The number of nitrogens with two attached hydrogens (primary N) is 1. The van der Waals surface area contributed by atoms with Crippen LogP contribution in [-0.4, -0.2) is 20.8 Å². The van der Waals surface area contributed by atoms with Gasteiger partial charge in [-0.1, -0.05) is 19.1 Å². The fourth-order valence-corrected chi connectivity index (χ4v) is 2.71. The smallest absolute Gasteiger partial charge is 0.327 e. The third-order valence-electron chi connectivity index (χ3n) is 3.09. The Bertz CT molecular complexity index is 652. The minimum absolute atomic E-state index is 0.0147. The van der Waals surface area contributed by atoms with Gasteiger partial charge >= 0.3 is 5.69 Å². The molecule has 1 heterocycles. The number of halogens is 1. The Kier molecular flexibility index (Phi) is 4.61. The molecule has 0 saturated heterocycles. The van der Waals surface area contributed by atoms with E-state index in [1.165, 1.54) is 10.6 Å². The summed E-state index contributed by atoms with van der Waals surface area (Å²) in [6.45, 7) is 1.99. The van der Waals surface area contributed by atoms with E-state index in [0.717, 1.165) is 23.7 Å². The number of rotatable bonds is 5. The quantitative estimate of drug-likeness (QED) is 0.880. The SMILES string of the molecule is CCC(N)Cc1cccc(F)c1Sc1n[nH]c(=O)n1C. The maximum absolute atomic E-state index is 14.0. The molecule has 0 spiro atoms. The van der Waals surface area contributed by atoms with Gasteiger partial charge in [0.25, 0.3) is 0 Å². The Hall–Kier alpha value is -1.60. The lowest BCUT2D eigenvalue weighted by molar-refractivity contribution is 0.584. The summed E-state index contributed by atoms with van der Waals surface area (Å²) < 4.78 is 15.4. The summed E-state index contributed by atoms with van der Waals surface area (Å²) in [6, 6.07) is 4.90. The van der Waals surface area contributed by atoms with Gasteiger partial charge in [-0.25, -0.2) is 14.3 Å². The highest BCUT2D eigenvalue weighted by Gasteiger charge is 2.15. The monoisotopic (exact) mass is 296 g/mol. The van der Waals surface area contributed by atoms with Crippen LogP contribution in [0.25, 0.3) is 0 Å². The van der Waals surface area contributed by atoms with Gasteiger partial charge in [-0.3, -0.25) is 4.57 Å². The molecule has 3 N–H and O–H groups in total. The molecule has 0 aliphatic heterocycles. The molecule has 7 heteroatoms. The first-order chi connectivity index (χ1) is 9.52. The number of benzene rings is 1. The van der Waals surface area contributed by atoms with E-state index in [0.29, 0.717) is 16.5 Å². The summed E-state index contributed by atoms with van der Waals surface area (Å²) >= 11 is 1.13. The van der Waals surface area contributed by atoms with Gasteiger partial charge in [-0.2, -0.15) is 0 Å². The lowest BCUT2D eigenvalue weighted by Crippen LogP contribution is -2.21. The van der Waals surface area contributed by atoms with E-state index in [-0.39, 0.29) is 17.5 Å². The van der Waals surface area contributed by atoms with Crippen molar-refractivity contribution < 1.29 is 4.39 Å². The first-order valence-electron chi connectivity index (χ1n) is 6.35. The lowest BCUT2D eigenvalue weighted by atomic mass is 10.0. The molecule has 2 aromatic rings. The van der Waals surface area contributed by atoms with Crippen LogP contribution in [0.5, 0.6) is 0 Å². The average molecular weight is 296 g/mol. The number of nitrogens with one attached hydrogen (secondary N) is 1. The van der Waals surface area contributed by atoms with Crippen LogP contribution in [0.4, 0.5) is 4.39 Å². The summed E-state index contributed by atoms with van der Waals surface area (Å²) in [5, 5.41) is 6.64. The van der Waals surface area contributed by atoms with Crippen molar-refractivity contribution in [3.8, 4) is 0 Å². The molecule has 0 radical (unpaired) electrons. The summed E-state index contributed by atoms with van der Waals surface area (Å²) in [6.07, 6.45) is 1.41. The van der Waals surface area contributed by atoms with E-state index < -0.39 is 0 Å². The normalized spacial score (nSPS) is 12.6. The van der Waals surface area contributed by atoms with E-state index in [4.69, 9.17) is 5.73 Å². The molecule has 1 atom stereocenters. The molecular formula is C13H17FN4OS. The zero-order valence-corrected chi connectivity index (χ0v) is 12.2. The first-order valence-corrected chi connectivity index (χ1v) is 7.16. The molecule has 0 aliphatic rings. The topological polar surface area (TPSA) is 76.7 Å². The van der Waals surface area contributed by atoms with Gasteiger partial charge < -0.3 is 5.73 Å². The summed E-state index contributed by atoms with van der Waals surface area (Å²) in [5.41, 5.74) is 6.45. The predicted molar refractivity (Wildman–Crippen MR) is 76.3 cm³/mol. The molecule has 1 aromatic carbocycles. The maximum Gasteiger partial charge on any atom is 0.343 e. The number of hydrogen-bond donors (Lipinski definition) is 2. The van der Waals surface area contributed by atoms with Crippen molar-refractivity contribution >= 4 is 11.8 Å². The minimum atomic E-state index is -0.328. The third-order valence-corrected chi connectivity index (χ3v) is 4.30. The van der Waals surface area contributed by atoms with Crippen LogP contribution in [0.2, 0.25) is 0 Å². The molecule has 0 amide bonds. The van der Waals surface area contributed by atoms with Gasteiger partial charge in [0.2, 0.25) is 0 Å². The van der Waals surface area contributed by atoms with Crippen LogP contribution in [-0.2, 0) is 13.5 Å². The fraction of sp³-hybridized carbons (Fsp3) is 0.385. The zero-order chi connectivity index (χ0) is 14.7. The van der Waals surface area contributed by atoms with Crippen molar-refractivity contribution in [3.05, 3.63) is 40.1 Å². The Morgan fingerprint density at radius 1 is 1.55 bits per heavy atom. The molecule has 20 heavy (non-hydrogen) atoms. The van der Waals surface area contributed by atoms with Crippen molar-refractivity contribution in [2.24, 2.45) is 12.8 Å². The summed E-state index contributed by atoms with van der Waals surface area (Å²) in [7, 11) is 1.59. The van der Waals surface area contributed by atoms with Crippen LogP contribution >= 0.6 is 11.8 Å². The summed E-state index contributed by atoms with van der Waals surface area (Å²) in [5.74, 6) is -0.328. The van der Waals surface area contributed by atoms with Gasteiger partial charge in [-0.05, 0) is 36.2 Å². The van der Waals surface area contributed by atoms with Crippen LogP contribution in [0.3, 0.4) is 0 Å². The van der Waals surface area contributed by atoms with Crippen molar-refractivity contribution in [1.82, 2.24) is 14.8 Å². The van der Waals surface area contributed by atoms with Crippen molar-refractivity contribution in [3.63, 3.8) is 0 Å². The molecule has 0 bridgehead atoms. The van der Waals surface area contributed by atoms with E-state index in [1.807, 2.05) is 13.0 Å². The number of aromatic amines is 1. The molecule has 0 aliphatic carbocycles. The largest absolute Gasteiger partial charge is 0.343 e. The zero-order valence-electron chi connectivity index (χ0n) is 11.4. The Balaban J connectivity index is 2.35. The lowest BCUT2D eigenvalue weighted by Gasteiger charge is -2.13. The molecular weight excluding hydrogens is 279 g/mol. The minimum Gasteiger partial charge on any atom is -0.327 e. The molecule has 0 fully saturated rings. The molecule has 1 aromatic heterocycles. The van der Waals surface area contributed by atoms with Crippen molar-refractivity contribution in [2.75, 3.05) is 0 Å². The third kappa shape index (κ3) is 3.10. The maximum atomic E-state index is 14.0. The molecule has 5 nitrogen and oxygen atoms in total. The Labute approximate surface area is 120 Å².